The van der Waals surface area contributed by atoms with Gasteiger partial charge in [-0.05, 0) is 18.9 Å². The molecular formula is C14H15BO3. The Morgan fingerprint density at radius 2 is 2.28 bits per heavy atom. The molecule has 2 radical (unpaired) electrons. The number of hydrogen-bond acceptors (Lipinski definition) is 3. The minimum atomic E-state index is -0.488. The number of hydrogen-bond donors (Lipinski definition) is 0. The van der Waals surface area contributed by atoms with E-state index >= 15 is 0 Å². The molecule has 1 fully saturated rings. The molecule has 4 heteroatoms. The zero-order valence-electron chi connectivity index (χ0n) is 10.4. The van der Waals surface area contributed by atoms with Gasteiger partial charge >= 0.3 is 0 Å². The molecule has 2 heterocycles. The lowest BCUT2D eigenvalue weighted by Gasteiger charge is -2.44. The highest BCUT2D eigenvalue weighted by molar-refractivity contribution is 6.32. The van der Waals surface area contributed by atoms with Gasteiger partial charge in [-0.1, -0.05) is 24.5 Å². The number of carbonyl (C=O) groups excluding carboxylic acids is 1. The summed E-state index contributed by atoms with van der Waals surface area (Å²) in [6, 6.07) is 5.25. The minimum absolute atomic E-state index is 0.106. The second-order valence-electron chi connectivity index (χ2n) is 5.16. The summed E-state index contributed by atoms with van der Waals surface area (Å²) < 4.78 is 11.6. The average Bonchev–Trinajstić information content (AvgIpc) is 2.39. The second-order valence-corrected chi connectivity index (χ2v) is 5.16. The molecule has 2 unspecified atom stereocenters. The van der Waals surface area contributed by atoms with Crippen LogP contribution in [0.25, 0.3) is 0 Å². The third-order valence-corrected chi connectivity index (χ3v) is 4.00. The van der Waals surface area contributed by atoms with E-state index in [0.29, 0.717) is 23.4 Å². The van der Waals surface area contributed by atoms with E-state index in [-0.39, 0.29) is 11.7 Å². The lowest BCUT2D eigenvalue weighted by Crippen LogP contribution is -2.54. The summed E-state index contributed by atoms with van der Waals surface area (Å²) in [7, 11) is 5.73. The molecule has 1 aromatic carbocycles. The topological polar surface area (TPSA) is 35.5 Å². The Bertz CT molecular complexity index is 492. The van der Waals surface area contributed by atoms with Gasteiger partial charge in [-0.25, -0.2) is 0 Å². The summed E-state index contributed by atoms with van der Waals surface area (Å²) in [6.45, 7) is 3.16. The molecule has 0 aliphatic carbocycles. The lowest BCUT2D eigenvalue weighted by atomic mass is 9.76. The smallest absolute Gasteiger partial charge is 0.173 e. The fourth-order valence-electron chi connectivity index (χ4n) is 2.82. The van der Waals surface area contributed by atoms with Gasteiger partial charge in [-0.15, -0.1) is 0 Å². The zero-order chi connectivity index (χ0) is 12.8. The van der Waals surface area contributed by atoms with Gasteiger partial charge in [0.15, 0.2) is 5.78 Å². The van der Waals surface area contributed by atoms with Crippen molar-refractivity contribution in [3.8, 4) is 5.75 Å². The van der Waals surface area contributed by atoms with E-state index in [2.05, 4.69) is 0 Å². The normalized spacial score (nSPS) is 30.9. The molecule has 3 rings (SSSR count). The summed E-state index contributed by atoms with van der Waals surface area (Å²) in [4.78, 5) is 12.5. The van der Waals surface area contributed by atoms with Crippen LogP contribution in [-0.4, -0.2) is 32.4 Å². The van der Waals surface area contributed by atoms with Gasteiger partial charge in [-0.2, -0.15) is 0 Å². The predicted octanol–water partition coefficient (Wildman–Crippen LogP) is 1.24. The Morgan fingerprint density at radius 3 is 3.00 bits per heavy atom. The molecule has 2 aliphatic rings. The van der Waals surface area contributed by atoms with Crippen LogP contribution in [0.1, 0.15) is 30.1 Å². The largest absolute Gasteiger partial charge is 0.483 e. The fraction of sp³-hybridized carbons (Fsp3) is 0.500. The van der Waals surface area contributed by atoms with Crippen molar-refractivity contribution in [3.05, 3.63) is 23.8 Å². The van der Waals surface area contributed by atoms with Crippen molar-refractivity contribution in [2.45, 2.75) is 25.4 Å². The lowest BCUT2D eigenvalue weighted by molar-refractivity contribution is -0.0942. The van der Waals surface area contributed by atoms with Crippen LogP contribution >= 0.6 is 0 Å². The zero-order valence-corrected chi connectivity index (χ0v) is 10.4. The molecule has 1 spiro atoms. The Hall–Kier alpha value is -1.29. The van der Waals surface area contributed by atoms with E-state index in [1.165, 1.54) is 0 Å². The number of ether oxygens (including phenoxy) is 2. The van der Waals surface area contributed by atoms with E-state index in [4.69, 9.17) is 17.3 Å². The number of benzene rings is 1. The van der Waals surface area contributed by atoms with Crippen molar-refractivity contribution >= 4 is 19.1 Å². The first-order valence-electron chi connectivity index (χ1n) is 6.33. The molecule has 2 atom stereocenters. The molecule has 92 valence electrons. The highest BCUT2D eigenvalue weighted by atomic mass is 16.5. The van der Waals surface area contributed by atoms with E-state index in [9.17, 15) is 4.79 Å². The monoisotopic (exact) mass is 242 g/mol. The summed E-state index contributed by atoms with van der Waals surface area (Å²) in [5.41, 5.74) is 0.700. The van der Waals surface area contributed by atoms with Gasteiger partial charge in [0.1, 0.15) is 19.2 Å². The Labute approximate surface area is 108 Å². The van der Waals surface area contributed by atoms with Gasteiger partial charge < -0.3 is 9.47 Å². The van der Waals surface area contributed by atoms with Crippen LogP contribution in [0.3, 0.4) is 0 Å². The quantitative estimate of drug-likeness (QED) is 0.642. The first-order chi connectivity index (χ1) is 8.62. The predicted molar refractivity (Wildman–Crippen MR) is 68.7 cm³/mol. The molecule has 0 N–H and O–H groups in total. The maximum atomic E-state index is 12.5. The van der Waals surface area contributed by atoms with Crippen molar-refractivity contribution in [3.63, 3.8) is 0 Å². The molecule has 1 saturated heterocycles. The first-order valence-corrected chi connectivity index (χ1v) is 6.33. The van der Waals surface area contributed by atoms with Gasteiger partial charge in [0.05, 0.1) is 18.1 Å². The van der Waals surface area contributed by atoms with Crippen LogP contribution in [0.2, 0.25) is 0 Å². The molecule has 2 aliphatic heterocycles. The highest BCUT2D eigenvalue weighted by Crippen LogP contribution is 2.40. The van der Waals surface area contributed by atoms with Crippen molar-refractivity contribution in [2.24, 2.45) is 5.92 Å². The van der Waals surface area contributed by atoms with Crippen LogP contribution in [0.4, 0.5) is 0 Å². The minimum Gasteiger partial charge on any atom is -0.483 e. The summed E-state index contributed by atoms with van der Waals surface area (Å²) in [5, 5.41) is 0. The number of rotatable bonds is 0. The average molecular weight is 242 g/mol. The van der Waals surface area contributed by atoms with Crippen molar-refractivity contribution < 1.29 is 14.3 Å². The molecule has 0 bridgehead atoms. The summed E-state index contributed by atoms with van der Waals surface area (Å²) in [6.07, 6.45) is 1.80. The number of fused-ring (bicyclic) bond motifs is 1. The fourth-order valence-corrected chi connectivity index (χ4v) is 2.82. The second kappa shape index (κ2) is 4.13. The molecular weight excluding hydrogens is 227 g/mol. The number of ketones is 1. The van der Waals surface area contributed by atoms with Gasteiger partial charge in [0, 0.05) is 6.61 Å². The maximum Gasteiger partial charge on any atom is 0.173 e. The summed E-state index contributed by atoms with van der Waals surface area (Å²) in [5.74, 6) is 0.555. The van der Waals surface area contributed by atoms with E-state index in [1.54, 1.807) is 18.2 Å². The van der Waals surface area contributed by atoms with E-state index in [1.807, 2.05) is 6.92 Å². The van der Waals surface area contributed by atoms with E-state index < -0.39 is 5.60 Å². The summed E-state index contributed by atoms with van der Waals surface area (Å²) >= 11 is 0. The highest BCUT2D eigenvalue weighted by Gasteiger charge is 2.48. The van der Waals surface area contributed by atoms with Crippen LogP contribution in [0, 0.1) is 5.92 Å². The van der Waals surface area contributed by atoms with Gasteiger partial charge in [0.2, 0.25) is 0 Å². The molecule has 3 nitrogen and oxygen atoms in total. The first kappa shape index (κ1) is 11.8. The Morgan fingerprint density at radius 1 is 1.44 bits per heavy atom. The molecule has 18 heavy (non-hydrogen) atoms. The molecule has 0 amide bonds. The maximum absolute atomic E-state index is 12.5. The van der Waals surface area contributed by atoms with E-state index in [0.717, 1.165) is 19.4 Å². The van der Waals surface area contributed by atoms with Gasteiger partial charge in [-0.3, -0.25) is 4.79 Å². The SMILES string of the molecule is [B]c1ccc2c(c1)C(=O)C(C)C1(CCCOC1)O2. The van der Waals surface area contributed by atoms with Crippen LogP contribution in [-0.2, 0) is 4.74 Å². The van der Waals surface area contributed by atoms with Crippen LogP contribution in [0.5, 0.6) is 5.75 Å². The number of carbonyl (C=O) groups is 1. The molecule has 0 saturated carbocycles. The van der Waals surface area contributed by atoms with Crippen molar-refractivity contribution in [1.82, 2.24) is 0 Å². The van der Waals surface area contributed by atoms with Crippen LogP contribution in [0.15, 0.2) is 18.2 Å². The van der Waals surface area contributed by atoms with Gasteiger partial charge in [0.25, 0.3) is 0 Å². The Kier molecular flexibility index (Phi) is 2.70. The number of Topliss-reactive ketones (excluding diaryl/α,β-unsaturated/α-hetero) is 1. The Balaban J connectivity index is 2.04. The standard InChI is InChI=1S/C14H15BO3/c1-9-13(16)11-7-10(15)3-4-12(11)18-14(9)5-2-6-17-8-14/h3-4,7,9H,2,5-6,8H2,1H3. The van der Waals surface area contributed by atoms with Crippen molar-refractivity contribution in [1.29, 1.82) is 0 Å². The third kappa shape index (κ3) is 1.67. The molecule has 1 aromatic rings. The molecule has 0 aromatic heterocycles. The van der Waals surface area contributed by atoms with Crippen LogP contribution < -0.4 is 10.2 Å². The third-order valence-electron chi connectivity index (χ3n) is 4.00. The van der Waals surface area contributed by atoms with Crippen molar-refractivity contribution in [2.75, 3.05) is 13.2 Å².